The van der Waals surface area contributed by atoms with E-state index in [0.717, 1.165) is 47.2 Å². The Morgan fingerprint density at radius 1 is 1.12 bits per heavy atom. The maximum Gasteiger partial charge on any atom is 0.251 e. The van der Waals surface area contributed by atoms with Crippen LogP contribution < -0.4 is 20.7 Å². The molecule has 1 amide bonds. The number of ether oxygens (including phenoxy) is 1. The van der Waals surface area contributed by atoms with Crippen LogP contribution in [0.25, 0.3) is 11.3 Å². The summed E-state index contributed by atoms with van der Waals surface area (Å²) >= 11 is 0. The lowest BCUT2D eigenvalue weighted by atomic mass is 9.95. The molecule has 3 aromatic rings. The van der Waals surface area contributed by atoms with Gasteiger partial charge in [0.15, 0.2) is 0 Å². The van der Waals surface area contributed by atoms with Crippen LogP contribution in [-0.2, 0) is 0 Å². The van der Waals surface area contributed by atoms with Crippen molar-refractivity contribution in [1.82, 2.24) is 20.3 Å². The number of carbonyl (C=O) groups excluding carboxylic acids is 1. The Bertz CT molecular complexity index is 1100. The first-order valence-electron chi connectivity index (χ1n) is 11.3. The minimum Gasteiger partial charge on any atom is -0.496 e. The molecule has 8 heteroatoms. The summed E-state index contributed by atoms with van der Waals surface area (Å²) in [5, 5.41) is 9.42. The largest absolute Gasteiger partial charge is 0.496 e. The van der Waals surface area contributed by atoms with Crippen LogP contribution in [0.3, 0.4) is 0 Å². The van der Waals surface area contributed by atoms with E-state index in [-0.39, 0.29) is 11.8 Å². The van der Waals surface area contributed by atoms with Gasteiger partial charge < -0.3 is 20.7 Å². The Morgan fingerprint density at radius 3 is 2.67 bits per heavy atom. The molecular weight excluding hydrogens is 416 g/mol. The van der Waals surface area contributed by atoms with Crippen molar-refractivity contribution in [2.24, 2.45) is 0 Å². The first kappa shape index (κ1) is 22.5. The topological polar surface area (TPSA) is 101 Å². The molecule has 0 radical (unpaired) electrons. The lowest BCUT2D eigenvalue weighted by Gasteiger charge is -2.17. The minimum absolute atomic E-state index is 0.127. The summed E-state index contributed by atoms with van der Waals surface area (Å²) in [5.74, 6) is 2.51. The highest BCUT2D eigenvalue weighted by Crippen LogP contribution is 2.30. The molecule has 4 rings (SSSR count). The molecule has 33 heavy (non-hydrogen) atoms. The van der Waals surface area contributed by atoms with Gasteiger partial charge in [-0.05, 0) is 55.0 Å². The predicted octanol–water partition coefficient (Wildman–Crippen LogP) is 4.09. The summed E-state index contributed by atoms with van der Waals surface area (Å²) in [5.41, 5.74) is 3.44. The lowest BCUT2D eigenvalue weighted by molar-refractivity contribution is 0.0962. The van der Waals surface area contributed by atoms with E-state index in [1.54, 1.807) is 26.6 Å². The number of amides is 1. The SMILES string of the molecule is CNC(=O)c1ccc(C(C)CCNc2cc(-c3ccc(NC4CC4)nc3)ncn2)c(OC)c1. The summed E-state index contributed by atoms with van der Waals surface area (Å²) in [7, 11) is 3.25. The third kappa shape index (κ3) is 5.77. The van der Waals surface area contributed by atoms with E-state index in [4.69, 9.17) is 4.74 Å². The van der Waals surface area contributed by atoms with Crippen molar-refractivity contribution >= 4 is 17.5 Å². The van der Waals surface area contributed by atoms with Gasteiger partial charge in [-0.3, -0.25) is 4.79 Å². The number of hydrogen-bond donors (Lipinski definition) is 3. The van der Waals surface area contributed by atoms with Gasteiger partial charge in [-0.2, -0.15) is 0 Å². The minimum atomic E-state index is -0.127. The van der Waals surface area contributed by atoms with Gasteiger partial charge in [0.25, 0.3) is 5.91 Å². The van der Waals surface area contributed by atoms with Crippen LogP contribution in [-0.4, -0.2) is 47.6 Å². The maximum atomic E-state index is 11.9. The van der Waals surface area contributed by atoms with Crippen molar-refractivity contribution in [2.75, 3.05) is 31.3 Å². The molecule has 2 heterocycles. The molecule has 1 fully saturated rings. The molecule has 1 unspecified atom stereocenters. The van der Waals surface area contributed by atoms with Gasteiger partial charge in [0.05, 0.1) is 12.8 Å². The van der Waals surface area contributed by atoms with Crippen LogP contribution in [0.5, 0.6) is 5.75 Å². The second-order valence-electron chi connectivity index (χ2n) is 8.29. The van der Waals surface area contributed by atoms with Crippen molar-refractivity contribution < 1.29 is 9.53 Å². The van der Waals surface area contributed by atoms with Crippen molar-refractivity contribution in [3.05, 3.63) is 60.0 Å². The fourth-order valence-electron chi connectivity index (χ4n) is 3.66. The number of hydrogen-bond acceptors (Lipinski definition) is 7. The molecule has 1 atom stereocenters. The number of aromatic nitrogens is 3. The van der Waals surface area contributed by atoms with Crippen molar-refractivity contribution in [2.45, 2.75) is 38.1 Å². The molecule has 1 aliphatic rings. The van der Waals surface area contributed by atoms with Crippen LogP contribution in [0.2, 0.25) is 0 Å². The standard InChI is InChI=1S/C25H30N6O2/c1-16(20-8-4-17(25(32)26-2)12-22(20)33-3)10-11-27-24-13-21(29-15-30-24)18-5-9-23(28-14-18)31-19-6-7-19/h4-5,8-9,12-16,19H,6-7,10-11H2,1-3H3,(H,26,32)(H,28,31)(H,27,29,30). The first-order valence-corrected chi connectivity index (χ1v) is 11.3. The molecule has 8 nitrogen and oxygen atoms in total. The second-order valence-corrected chi connectivity index (χ2v) is 8.29. The van der Waals surface area contributed by atoms with Crippen molar-refractivity contribution in [3.63, 3.8) is 0 Å². The smallest absolute Gasteiger partial charge is 0.251 e. The molecule has 1 aliphatic carbocycles. The van der Waals surface area contributed by atoms with Crippen LogP contribution in [0.1, 0.15) is 48.0 Å². The number of anilines is 2. The first-order chi connectivity index (χ1) is 16.1. The van der Waals surface area contributed by atoms with E-state index >= 15 is 0 Å². The summed E-state index contributed by atoms with van der Waals surface area (Å²) in [6, 6.07) is 12.1. The van der Waals surface area contributed by atoms with Crippen LogP contribution >= 0.6 is 0 Å². The maximum absolute atomic E-state index is 11.9. The molecule has 0 bridgehead atoms. The Balaban J connectivity index is 1.35. The second kappa shape index (κ2) is 10.3. The zero-order chi connectivity index (χ0) is 23.2. The number of pyridine rings is 1. The molecule has 3 N–H and O–H groups in total. The fraction of sp³-hybridized carbons (Fsp3) is 0.360. The molecule has 1 aromatic carbocycles. The normalized spacial score (nSPS) is 13.8. The quantitative estimate of drug-likeness (QED) is 0.431. The summed E-state index contributed by atoms with van der Waals surface area (Å²) < 4.78 is 5.53. The number of rotatable bonds is 10. The average molecular weight is 447 g/mol. The molecule has 0 spiro atoms. The van der Waals surface area contributed by atoms with Gasteiger partial charge in [-0.1, -0.05) is 13.0 Å². The lowest BCUT2D eigenvalue weighted by Crippen LogP contribution is -2.18. The van der Waals surface area contributed by atoms with Gasteiger partial charge in [0, 0.05) is 43.0 Å². The highest BCUT2D eigenvalue weighted by Gasteiger charge is 2.21. The molecule has 1 saturated carbocycles. The van der Waals surface area contributed by atoms with Gasteiger partial charge in [0.2, 0.25) is 0 Å². The van der Waals surface area contributed by atoms with E-state index in [1.165, 1.54) is 12.8 Å². The zero-order valence-corrected chi connectivity index (χ0v) is 19.3. The van der Waals surface area contributed by atoms with E-state index in [9.17, 15) is 4.79 Å². The van der Waals surface area contributed by atoms with Gasteiger partial charge in [0.1, 0.15) is 23.7 Å². The zero-order valence-electron chi connectivity index (χ0n) is 19.3. The van der Waals surface area contributed by atoms with Crippen molar-refractivity contribution in [1.29, 1.82) is 0 Å². The molecule has 0 aliphatic heterocycles. The van der Waals surface area contributed by atoms with Crippen LogP contribution in [0.15, 0.2) is 48.9 Å². The fourth-order valence-corrected chi connectivity index (χ4v) is 3.66. The Hall–Kier alpha value is -3.68. The summed E-state index contributed by atoms with van der Waals surface area (Å²) in [6.07, 6.45) is 6.72. The monoisotopic (exact) mass is 446 g/mol. The van der Waals surface area contributed by atoms with Gasteiger partial charge in [-0.15, -0.1) is 0 Å². The Labute approximate surface area is 194 Å². The van der Waals surface area contributed by atoms with Crippen LogP contribution in [0.4, 0.5) is 11.6 Å². The number of nitrogens with zero attached hydrogens (tertiary/aromatic N) is 3. The number of carbonyl (C=O) groups is 1. The molecular formula is C25H30N6O2. The van der Waals surface area contributed by atoms with Crippen LogP contribution in [0, 0.1) is 0 Å². The number of nitrogens with one attached hydrogen (secondary N) is 3. The van der Waals surface area contributed by atoms with Gasteiger partial charge in [-0.25, -0.2) is 15.0 Å². The summed E-state index contributed by atoms with van der Waals surface area (Å²) in [4.78, 5) is 25.1. The van der Waals surface area contributed by atoms with E-state index in [0.29, 0.717) is 11.6 Å². The highest BCUT2D eigenvalue weighted by atomic mass is 16.5. The average Bonchev–Trinajstić information content (AvgIpc) is 3.67. The third-order valence-corrected chi connectivity index (χ3v) is 5.79. The molecule has 172 valence electrons. The Morgan fingerprint density at radius 2 is 1.97 bits per heavy atom. The summed E-state index contributed by atoms with van der Waals surface area (Å²) in [6.45, 7) is 2.88. The molecule has 2 aromatic heterocycles. The van der Waals surface area contributed by atoms with E-state index in [2.05, 4.69) is 37.8 Å². The van der Waals surface area contributed by atoms with E-state index < -0.39 is 0 Å². The highest BCUT2D eigenvalue weighted by molar-refractivity contribution is 5.94. The van der Waals surface area contributed by atoms with E-state index in [1.807, 2.05) is 36.5 Å². The third-order valence-electron chi connectivity index (χ3n) is 5.79. The predicted molar refractivity (Wildman–Crippen MR) is 130 cm³/mol. The number of benzene rings is 1. The Kier molecular flexibility index (Phi) is 7.02. The molecule has 0 saturated heterocycles. The number of methoxy groups -OCH3 is 1. The van der Waals surface area contributed by atoms with Crippen molar-refractivity contribution in [3.8, 4) is 17.0 Å². The van der Waals surface area contributed by atoms with Gasteiger partial charge >= 0.3 is 0 Å².